The van der Waals surface area contributed by atoms with Crippen LogP contribution in [0.15, 0.2) is 77.8 Å². The SMILES string of the molecule is CCCNC(=O)c1ccc2[nH]c(O)c(C(=Nc3ccc(CN(C)C)cc3)c3ccccc3)c2c1. The number of carbonyl (C=O) groups excluding carboxylic acids is 1. The molecule has 3 aromatic carbocycles. The molecule has 0 aliphatic heterocycles. The van der Waals surface area contributed by atoms with Crippen LogP contribution in [0, 0.1) is 0 Å². The molecule has 0 atom stereocenters. The Morgan fingerprint density at radius 2 is 1.74 bits per heavy atom. The lowest BCUT2D eigenvalue weighted by atomic mass is 9.99. The number of aromatic amines is 1. The molecule has 0 saturated heterocycles. The maximum Gasteiger partial charge on any atom is 0.251 e. The van der Waals surface area contributed by atoms with Crippen LogP contribution in [0.2, 0.25) is 0 Å². The highest BCUT2D eigenvalue weighted by Crippen LogP contribution is 2.32. The van der Waals surface area contributed by atoms with E-state index in [1.807, 2.05) is 75.6 Å². The molecular formula is C28H30N4O2. The van der Waals surface area contributed by atoms with Crippen molar-refractivity contribution in [3.8, 4) is 5.88 Å². The van der Waals surface area contributed by atoms with Gasteiger partial charge in [-0.3, -0.25) is 4.79 Å². The second kappa shape index (κ2) is 10.4. The summed E-state index contributed by atoms with van der Waals surface area (Å²) in [6, 6.07) is 23.3. The van der Waals surface area contributed by atoms with Crippen LogP contribution in [0.3, 0.4) is 0 Å². The standard InChI is InChI=1S/C28H30N4O2/c1-4-16-29-27(33)21-12-15-24-23(17-21)25(28(34)31-24)26(20-8-6-5-7-9-20)30-22-13-10-19(11-14-22)18-32(2)3/h5-15,17,31,34H,4,16,18H2,1-3H3,(H,29,33). The lowest BCUT2D eigenvalue weighted by Crippen LogP contribution is -2.23. The Bertz CT molecular complexity index is 1310. The van der Waals surface area contributed by atoms with Gasteiger partial charge < -0.3 is 20.3 Å². The Hall–Kier alpha value is -3.90. The van der Waals surface area contributed by atoms with E-state index >= 15 is 0 Å². The number of nitrogens with one attached hydrogen (secondary N) is 2. The molecule has 0 aliphatic rings. The summed E-state index contributed by atoms with van der Waals surface area (Å²) in [6.07, 6.45) is 0.863. The highest BCUT2D eigenvalue weighted by molar-refractivity contribution is 6.22. The molecule has 0 radical (unpaired) electrons. The molecule has 1 aromatic heterocycles. The van der Waals surface area contributed by atoms with Gasteiger partial charge in [0.1, 0.15) is 0 Å². The van der Waals surface area contributed by atoms with Gasteiger partial charge in [0, 0.05) is 35.1 Å². The van der Waals surface area contributed by atoms with Crippen molar-refractivity contribution in [1.29, 1.82) is 0 Å². The zero-order valence-corrected chi connectivity index (χ0v) is 19.8. The Balaban J connectivity index is 1.83. The summed E-state index contributed by atoms with van der Waals surface area (Å²) in [5, 5.41) is 14.6. The number of aromatic nitrogens is 1. The first kappa shape index (κ1) is 23.3. The van der Waals surface area contributed by atoms with Gasteiger partial charge in [-0.05, 0) is 56.4 Å². The van der Waals surface area contributed by atoms with E-state index in [1.54, 1.807) is 6.07 Å². The largest absolute Gasteiger partial charge is 0.494 e. The average molecular weight is 455 g/mol. The van der Waals surface area contributed by atoms with Crippen molar-refractivity contribution < 1.29 is 9.90 Å². The van der Waals surface area contributed by atoms with Gasteiger partial charge in [-0.25, -0.2) is 4.99 Å². The molecule has 4 aromatic rings. The molecule has 0 spiro atoms. The van der Waals surface area contributed by atoms with Crippen LogP contribution in [0.25, 0.3) is 10.9 Å². The second-order valence-electron chi connectivity index (χ2n) is 8.60. The van der Waals surface area contributed by atoms with Gasteiger partial charge in [-0.15, -0.1) is 0 Å². The zero-order valence-electron chi connectivity index (χ0n) is 19.8. The summed E-state index contributed by atoms with van der Waals surface area (Å²) in [5.41, 5.74) is 5.34. The quantitative estimate of drug-likeness (QED) is 0.318. The molecule has 6 heteroatoms. The van der Waals surface area contributed by atoms with Gasteiger partial charge in [-0.1, -0.05) is 49.4 Å². The summed E-state index contributed by atoms with van der Waals surface area (Å²) in [6.45, 7) is 3.48. The van der Waals surface area contributed by atoms with Crippen LogP contribution < -0.4 is 5.32 Å². The molecule has 0 fully saturated rings. The van der Waals surface area contributed by atoms with Gasteiger partial charge in [0.15, 0.2) is 5.88 Å². The monoisotopic (exact) mass is 454 g/mol. The van der Waals surface area contributed by atoms with E-state index in [1.165, 1.54) is 5.56 Å². The second-order valence-corrected chi connectivity index (χ2v) is 8.60. The molecule has 34 heavy (non-hydrogen) atoms. The summed E-state index contributed by atoms with van der Waals surface area (Å²) >= 11 is 0. The van der Waals surface area contributed by atoms with E-state index in [4.69, 9.17) is 4.99 Å². The van der Waals surface area contributed by atoms with Crippen molar-refractivity contribution in [2.24, 2.45) is 4.99 Å². The van der Waals surface area contributed by atoms with Crippen LogP contribution in [-0.4, -0.2) is 47.2 Å². The van der Waals surface area contributed by atoms with Crippen molar-refractivity contribution in [1.82, 2.24) is 15.2 Å². The predicted molar refractivity (Wildman–Crippen MR) is 138 cm³/mol. The van der Waals surface area contributed by atoms with E-state index in [9.17, 15) is 9.90 Å². The number of nitrogens with zero attached hydrogens (tertiary/aromatic N) is 2. The Morgan fingerprint density at radius 1 is 1.00 bits per heavy atom. The summed E-state index contributed by atoms with van der Waals surface area (Å²) < 4.78 is 0. The van der Waals surface area contributed by atoms with Crippen molar-refractivity contribution in [3.63, 3.8) is 0 Å². The number of H-pyrrole nitrogens is 1. The fourth-order valence-corrected chi connectivity index (χ4v) is 3.93. The van der Waals surface area contributed by atoms with E-state index in [-0.39, 0.29) is 11.8 Å². The molecule has 1 heterocycles. The van der Waals surface area contributed by atoms with Crippen LogP contribution in [0.5, 0.6) is 5.88 Å². The van der Waals surface area contributed by atoms with E-state index in [0.717, 1.165) is 35.1 Å². The van der Waals surface area contributed by atoms with Crippen LogP contribution in [-0.2, 0) is 6.54 Å². The van der Waals surface area contributed by atoms with Gasteiger partial charge in [0.2, 0.25) is 0 Å². The first-order valence-electron chi connectivity index (χ1n) is 11.5. The third kappa shape index (κ3) is 5.18. The molecule has 6 nitrogen and oxygen atoms in total. The zero-order chi connectivity index (χ0) is 24.1. The first-order valence-corrected chi connectivity index (χ1v) is 11.5. The number of amides is 1. The first-order chi connectivity index (χ1) is 16.5. The number of aliphatic imine (C=N–C) groups is 1. The molecule has 0 aliphatic carbocycles. The molecule has 0 unspecified atom stereocenters. The maximum absolute atomic E-state index is 12.6. The molecular weight excluding hydrogens is 424 g/mol. The van der Waals surface area contributed by atoms with Gasteiger partial charge in [0.05, 0.1) is 17.0 Å². The minimum absolute atomic E-state index is 0.0212. The smallest absolute Gasteiger partial charge is 0.251 e. The highest BCUT2D eigenvalue weighted by Gasteiger charge is 2.20. The number of rotatable bonds is 8. The summed E-state index contributed by atoms with van der Waals surface area (Å²) in [4.78, 5) is 22.7. The number of hydrogen-bond donors (Lipinski definition) is 3. The van der Waals surface area contributed by atoms with Crippen molar-refractivity contribution in [2.45, 2.75) is 19.9 Å². The molecule has 0 bridgehead atoms. The average Bonchev–Trinajstić information content (AvgIpc) is 3.17. The lowest BCUT2D eigenvalue weighted by molar-refractivity contribution is 0.0954. The molecule has 3 N–H and O–H groups in total. The normalized spacial score (nSPS) is 11.8. The Labute approximate surface area is 200 Å². The topological polar surface area (TPSA) is 80.7 Å². The van der Waals surface area contributed by atoms with Gasteiger partial charge in [0.25, 0.3) is 5.91 Å². The fraction of sp³-hybridized carbons (Fsp3) is 0.214. The van der Waals surface area contributed by atoms with Crippen LogP contribution in [0.4, 0.5) is 5.69 Å². The minimum atomic E-state index is -0.134. The van der Waals surface area contributed by atoms with Crippen LogP contribution >= 0.6 is 0 Å². The number of benzene rings is 3. The van der Waals surface area contributed by atoms with Gasteiger partial charge in [-0.2, -0.15) is 0 Å². The van der Waals surface area contributed by atoms with Crippen molar-refractivity contribution >= 4 is 28.2 Å². The number of fused-ring (bicyclic) bond motifs is 1. The fourth-order valence-electron chi connectivity index (χ4n) is 3.93. The molecule has 0 saturated carbocycles. The number of hydrogen-bond acceptors (Lipinski definition) is 4. The number of aromatic hydroxyl groups is 1. The predicted octanol–water partition coefficient (Wildman–Crippen LogP) is 5.24. The third-order valence-electron chi connectivity index (χ3n) is 5.54. The van der Waals surface area contributed by atoms with Gasteiger partial charge >= 0.3 is 0 Å². The maximum atomic E-state index is 12.6. The van der Waals surface area contributed by atoms with E-state index in [0.29, 0.717) is 23.4 Å². The summed E-state index contributed by atoms with van der Waals surface area (Å²) in [7, 11) is 4.08. The minimum Gasteiger partial charge on any atom is -0.494 e. The molecule has 174 valence electrons. The third-order valence-corrected chi connectivity index (χ3v) is 5.54. The lowest BCUT2D eigenvalue weighted by Gasteiger charge is -2.11. The van der Waals surface area contributed by atoms with E-state index in [2.05, 4.69) is 27.3 Å². The molecule has 1 amide bonds. The molecule has 4 rings (SSSR count). The Morgan fingerprint density at radius 3 is 2.41 bits per heavy atom. The van der Waals surface area contributed by atoms with Crippen LogP contribution in [0.1, 0.15) is 40.4 Å². The highest BCUT2D eigenvalue weighted by atomic mass is 16.3. The van der Waals surface area contributed by atoms with E-state index < -0.39 is 0 Å². The van der Waals surface area contributed by atoms with Crippen molar-refractivity contribution in [3.05, 3.63) is 95.1 Å². The van der Waals surface area contributed by atoms with Crippen molar-refractivity contribution in [2.75, 3.05) is 20.6 Å². The number of carbonyl (C=O) groups is 1. The summed E-state index contributed by atoms with van der Waals surface area (Å²) in [5.74, 6) is -0.113. The Kier molecular flexibility index (Phi) is 7.09.